The maximum Gasteiger partial charge on any atom is 0.0220 e. The number of piperidine rings is 1. The summed E-state index contributed by atoms with van der Waals surface area (Å²) < 4.78 is 0. The number of likely N-dealkylation sites (tertiary alicyclic amines) is 1. The Morgan fingerprint density at radius 3 is 2.24 bits per heavy atom. The lowest BCUT2D eigenvalue weighted by molar-refractivity contribution is 0.181. The third kappa shape index (κ3) is 5.36. The van der Waals surface area contributed by atoms with Gasteiger partial charge in [0.2, 0.25) is 0 Å². The molecule has 3 nitrogen and oxygen atoms in total. The van der Waals surface area contributed by atoms with Gasteiger partial charge in [-0.15, -0.1) is 0 Å². The van der Waals surface area contributed by atoms with Crippen LogP contribution < -0.4 is 5.32 Å². The van der Waals surface area contributed by atoms with E-state index in [0.717, 1.165) is 12.6 Å². The topological polar surface area (TPSA) is 18.5 Å². The van der Waals surface area contributed by atoms with Crippen molar-refractivity contribution in [2.24, 2.45) is 5.92 Å². The fourth-order valence-corrected chi connectivity index (χ4v) is 2.57. The summed E-state index contributed by atoms with van der Waals surface area (Å²) in [5.74, 6) is 0.710. The minimum absolute atomic E-state index is 0.628. The predicted molar refractivity (Wildman–Crippen MR) is 75.5 cm³/mol. The minimum atomic E-state index is 0.628. The molecule has 1 atom stereocenters. The first-order valence-electron chi connectivity index (χ1n) is 7.16. The second kappa shape index (κ2) is 7.34. The van der Waals surface area contributed by atoms with Crippen molar-refractivity contribution in [1.82, 2.24) is 15.1 Å². The van der Waals surface area contributed by atoms with Gasteiger partial charge in [-0.25, -0.2) is 0 Å². The zero-order valence-electron chi connectivity index (χ0n) is 12.4. The average Bonchev–Trinajstić information content (AvgIpc) is 2.28. The van der Waals surface area contributed by atoms with Gasteiger partial charge in [-0.05, 0) is 52.5 Å². The van der Waals surface area contributed by atoms with Crippen molar-refractivity contribution in [1.29, 1.82) is 0 Å². The van der Waals surface area contributed by atoms with Gasteiger partial charge in [0.15, 0.2) is 0 Å². The Morgan fingerprint density at radius 1 is 1.24 bits per heavy atom. The van der Waals surface area contributed by atoms with Crippen LogP contribution in [0.5, 0.6) is 0 Å². The van der Waals surface area contributed by atoms with Crippen LogP contribution in [0.3, 0.4) is 0 Å². The standard InChI is InChI=1S/C14H31N3/c1-6-17-9-7-13(8-10-17)15-14(12(2)3)11-16(4)5/h12-15H,6-11H2,1-5H3. The van der Waals surface area contributed by atoms with Crippen LogP contribution in [-0.2, 0) is 0 Å². The molecule has 3 heteroatoms. The van der Waals surface area contributed by atoms with Gasteiger partial charge in [-0.1, -0.05) is 20.8 Å². The highest BCUT2D eigenvalue weighted by Gasteiger charge is 2.22. The molecule has 1 saturated heterocycles. The molecule has 0 saturated carbocycles. The van der Waals surface area contributed by atoms with Crippen molar-refractivity contribution < 1.29 is 0 Å². The lowest BCUT2D eigenvalue weighted by Crippen LogP contribution is -2.50. The summed E-state index contributed by atoms with van der Waals surface area (Å²) in [7, 11) is 4.33. The van der Waals surface area contributed by atoms with Crippen molar-refractivity contribution in [2.45, 2.75) is 45.7 Å². The predicted octanol–water partition coefficient (Wildman–Crippen LogP) is 1.65. The van der Waals surface area contributed by atoms with Gasteiger partial charge in [0.05, 0.1) is 0 Å². The third-order valence-electron chi connectivity index (χ3n) is 3.85. The van der Waals surface area contributed by atoms with Crippen molar-refractivity contribution in [2.75, 3.05) is 40.3 Å². The number of hydrogen-bond acceptors (Lipinski definition) is 3. The molecule has 1 heterocycles. The van der Waals surface area contributed by atoms with Crippen LogP contribution in [0.2, 0.25) is 0 Å². The quantitative estimate of drug-likeness (QED) is 0.763. The van der Waals surface area contributed by atoms with E-state index in [4.69, 9.17) is 0 Å². The number of likely N-dealkylation sites (N-methyl/N-ethyl adjacent to an activating group) is 1. The Bertz CT molecular complexity index is 196. The van der Waals surface area contributed by atoms with Crippen molar-refractivity contribution in [3.05, 3.63) is 0 Å². The van der Waals surface area contributed by atoms with Crippen molar-refractivity contribution in [3.63, 3.8) is 0 Å². The molecular formula is C14H31N3. The number of rotatable bonds is 6. The van der Waals surface area contributed by atoms with Crippen LogP contribution in [-0.4, -0.2) is 62.2 Å². The van der Waals surface area contributed by atoms with Gasteiger partial charge in [-0.2, -0.15) is 0 Å². The summed E-state index contributed by atoms with van der Waals surface area (Å²) in [5, 5.41) is 3.86. The summed E-state index contributed by atoms with van der Waals surface area (Å²) in [6.45, 7) is 11.8. The summed E-state index contributed by atoms with van der Waals surface area (Å²) in [6.07, 6.45) is 2.62. The van der Waals surface area contributed by atoms with Crippen LogP contribution in [0.25, 0.3) is 0 Å². The minimum Gasteiger partial charge on any atom is -0.310 e. The van der Waals surface area contributed by atoms with E-state index in [1.807, 2.05) is 0 Å². The van der Waals surface area contributed by atoms with E-state index in [0.29, 0.717) is 12.0 Å². The monoisotopic (exact) mass is 241 g/mol. The highest BCUT2D eigenvalue weighted by molar-refractivity contribution is 4.82. The Hall–Kier alpha value is -0.120. The van der Waals surface area contributed by atoms with Crippen molar-refractivity contribution in [3.8, 4) is 0 Å². The second-order valence-corrected chi connectivity index (χ2v) is 5.99. The van der Waals surface area contributed by atoms with E-state index in [-0.39, 0.29) is 0 Å². The Balaban J connectivity index is 2.35. The molecule has 1 N–H and O–H groups in total. The Morgan fingerprint density at radius 2 is 1.82 bits per heavy atom. The van der Waals surface area contributed by atoms with Crippen LogP contribution in [0.4, 0.5) is 0 Å². The number of nitrogens with zero attached hydrogens (tertiary/aromatic N) is 2. The van der Waals surface area contributed by atoms with E-state index < -0.39 is 0 Å². The molecule has 1 aliphatic heterocycles. The molecule has 1 rings (SSSR count). The Kier molecular flexibility index (Phi) is 6.45. The number of hydrogen-bond donors (Lipinski definition) is 1. The molecule has 0 radical (unpaired) electrons. The first-order valence-corrected chi connectivity index (χ1v) is 7.16. The summed E-state index contributed by atoms with van der Waals surface area (Å²) in [5.41, 5.74) is 0. The maximum absolute atomic E-state index is 3.86. The third-order valence-corrected chi connectivity index (χ3v) is 3.85. The molecule has 0 spiro atoms. The molecule has 0 aromatic rings. The molecule has 1 unspecified atom stereocenters. The highest BCUT2D eigenvalue weighted by Crippen LogP contribution is 2.13. The van der Waals surface area contributed by atoms with Gasteiger partial charge in [0.1, 0.15) is 0 Å². The van der Waals surface area contributed by atoms with E-state index in [1.165, 1.54) is 32.5 Å². The fraction of sp³-hybridized carbons (Fsp3) is 1.00. The smallest absolute Gasteiger partial charge is 0.0220 e. The first kappa shape index (κ1) is 14.9. The van der Waals surface area contributed by atoms with Crippen LogP contribution in [0, 0.1) is 5.92 Å². The normalized spacial score (nSPS) is 21.4. The van der Waals surface area contributed by atoms with Crippen LogP contribution in [0.1, 0.15) is 33.6 Å². The van der Waals surface area contributed by atoms with E-state index in [2.05, 4.69) is 50.0 Å². The van der Waals surface area contributed by atoms with Gasteiger partial charge in [-0.3, -0.25) is 0 Å². The van der Waals surface area contributed by atoms with Crippen LogP contribution in [0.15, 0.2) is 0 Å². The zero-order valence-corrected chi connectivity index (χ0v) is 12.4. The molecule has 17 heavy (non-hydrogen) atoms. The second-order valence-electron chi connectivity index (χ2n) is 5.99. The average molecular weight is 241 g/mol. The van der Waals surface area contributed by atoms with Gasteiger partial charge in [0.25, 0.3) is 0 Å². The van der Waals surface area contributed by atoms with E-state index >= 15 is 0 Å². The highest BCUT2D eigenvalue weighted by atomic mass is 15.2. The molecule has 0 bridgehead atoms. The lowest BCUT2D eigenvalue weighted by Gasteiger charge is -2.36. The molecule has 0 aromatic heterocycles. The lowest BCUT2D eigenvalue weighted by atomic mass is 9.99. The van der Waals surface area contributed by atoms with E-state index in [9.17, 15) is 0 Å². The molecule has 0 aromatic carbocycles. The maximum atomic E-state index is 3.86. The van der Waals surface area contributed by atoms with Gasteiger partial charge >= 0.3 is 0 Å². The van der Waals surface area contributed by atoms with Gasteiger partial charge in [0, 0.05) is 18.6 Å². The molecule has 0 amide bonds. The Labute approximate surface area is 108 Å². The van der Waals surface area contributed by atoms with Gasteiger partial charge < -0.3 is 15.1 Å². The first-order chi connectivity index (χ1) is 8.02. The fourth-order valence-electron chi connectivity index (χ4n) is 2.57. The largest absolute Gasteiger partial charge is 0.310 e. The van der Waals surface area contributed by atoms with Crippen LogP contribution >= 0.6 is 0 Å². The zero-order chi connectivity index (χ0) is 12.8. The summed E-state index contributed by atoms with van der Waals surface area (Å²) >= 11 is 0. The molecule has 0 aliphatic carbocycles. The van der Waals surface area contributed by atoms with E-state index in [1.54, 1.807) is 0 Å². The van der Waals surface area contributed by atoms with Crippen molar-refractivity contribution >= 4 is 0 Å². The number of nitrogens with one attached hydrogen (secondary N) is 1. The summed E-state index contributed by atoms with van der Waals surface area (Å²) in [6, 6.07) is 1.35. The molecule has 1 fully saturated rings. The SMILES string of the molecule is CCN1CCC(NC(CN(C)C)C(C)C)CC1. The molecule has 102 valence electrons. The summed E-state index contributed by atoms with van der Waals surface area (Å²) in [4.78, 5) is 4.84. The molecule has 1 aliphatic rings. The molecular weight excluding hydrogens is 210 g/mol.